The summed E-state index contributed by atoms with van der Waals surface area (Å²) in [7, 11) is 0. The van der Waals surface area contributed by atoms with Gasteiger partial charge in [0, 0.05) is 55.3 Å². The molecule has 0 saturated carbocycles. The van der Waals surface area contributed by atoms with Crippen LogP contribution in [0.3, 0.4) is 0 Å². The fourth-order valence-electron chi connectivity index (χ4n) is 3.77. The van der Waals surface area contributed by atoms with Crippen LogP contribution in [0.1, 0.15) is 13.3 Å². The number of aromatic nitrogens is 2. The minimum Gasteiger partial charge on any atom is -0.345 e. The van der Waals surface area contributed by atoms with E-state index in [1.54, 1.807) is 12.1 Å². The Morgan fingerprint density at radius 3 is 2.77 bits per heavy atom. The predicted octanol–water partition coefficient (Wildman–Crippen LogP) is 3.32. The Hall–Kier alpha value is -1.09. The highest BCUT2D eigenvalue weighted by Gasteiger charge is 2.31. The first-order valence-electron chi connectivity index (χ1n) is 9.14. The first-order chi connectivity index (χ1) is 12.6. The van der Waals surface area contributed by atoms with E-state index in [-0.39, 0.29) is 5.82 Å². The molecule has 1 unspecified atom stereocenters. The van der Waals surface area contributed by atoms with Crippen LogP contribution in [0.4, 0.5) is 9.52 Å². The van der Waals surface area contributed by atoms with Gasteiger partial charge in [-0.25, -0.2) is 4.39 Å². The Balaban J connectivity index is 1.42. The number of likely N-dealkylation sites (N-methyl/N-ethyl adjacent to an activating group) is 1. The number of hydrogen-bond acceptors (Lipinski definition) is 6. The van der Waals surface area contributed by atoms with Crippen LogP contribution in [0.15, 0.2) is 22.7 Å². The van der Waals surface area contributed by atoms with Gasteiger partial charge >= 0.3 is 0 Å². The molecular weight excluding hydrogens is 417 g/mol. The molecule has 2 aliphatic heterocycles. The lowest BCUT2D eigenvalue weighted by atomic mass is 10.2. The van der Waals surface area contributed by atoms with Crippen LogP contribution in [-0.2, 0) is 0 Å². The van der Waals surface area contributed by atoms with Gasteiger partial charge in [-0.2, -0.15) is 0 Å². The van der Waals surface area contributed by atoms with E-state index in [1.165, 1.54) is 17.4 Å². The van der Waals surface area contributed by atoms with E-state index in [4.69, 9.17) is 0 Å². The largest absolute Gasteiger partial charge is 0.345 e. The Bertz CT molecular complexity index is 762. The predicted molar refractivity (Wildman–Crippen MR) is 107 cm³/mol. The number of rotatable bonds is 4. The number of hydrogen-bond donors (Lipinski definition) is 0. The maximum atomic E-state index is 14.1. The molecule has 0 N–H and O–H groups in total. The van der Waals surface area contributed by atoms with Crippen molar-refractivity contribution in [3.63, 3.8) is 0 Å². The molecule has 0 bridgehead atoms. The summed E-state index contributed by atoms with van der Waals surface area (Å²) in [5.74, 6) is -0.260. The van der Waals surface area contributed by atoms with Gasteiger partial charge in [-0.1, -0.05) is 34.2 Å². The van der Waals surface area contributed by atoms with Gasteiger partial charge in [0.05, 0.1) is 0 Å². The Morgan fingerprint density at radius 2 is 2.00 bits per heavy atom. The molecule has 5 nitrogen and oxygen atoms in total. The smallest absolute Gasteiger partial charge is 0.208 e. The monoisotopic (exact) mass is 439 g/mol. The van der Waals surface area contributed by atoms with Crippen LogP contribution in [0.25, 0.3) is 10.6 Å². The molecule has 0 radical (unpaired) electrons. The number of anilines is 1. The number of benzene rings is 1. The van der Waals surface area contributed by atoms with Gasteiger partial charge in [-0.3, -0.25) is 4.90 Å². The highest BCUT2D eigenvalue weighted by molar-refractivity contribution is 9.10. The fourth-order valence-corrected chi connectivity index (χ4v) is 5.03. The number of nitrogens with zero attached hydrogens (tertiary/aromatic N) is 5. The second kappa shape index (κ2) is 7.88. The van der Waals surface area contributed by atoms with Crippen molar-refractivity contribution in [3.05, 3.63) is 28.5 Å². The van der Waals surface area contributed by atoms with Crippen LogP contribution in [0.5, 0.6) is 0 Å². The summed E-state index contributed by atoms with van der Waals surface area (Å²) < 4.78 is 14.9. The highest BCUT2D eigenvalue weighted by atomic mass is 79.9. The maximum absolute atomic E-state index is 14.1. The molecule has 140 valence electrons. The molecule has 1 atom stereocenters. The Labute approximate surface area is 165 Å². The third-order valence-electron chi connectivity index (χ3n) is 5.38. The highest BCUT2D eigenvalue weighted by Crippen LogP contribution is 2.33. The van der Waals surface area contributed by atoms with Gasteiger partial charge in [0.2, 0.25) is 5.13 Å². The summed E-state index contributed by atoms with van der Waals surface area (Å²) in [4.78, 5) is 7.42. The van der Waals surface area contributed by atoms with E-state index >= 15 is 0 Å². The van der Waals surface area contributed by atoms with Crippen LogP contribution in [0, 0.1) is 5.82 Å². The lowest BCUT2D eigenvalue weighted by molar-refractivity contribution is 0.107. The van der Waals surface area contributed by atoms with Gasteiger partial charge in [0.15, 0.2) is 5.01 Å². The summed E-state index contributed by atoms with van der Waals surface area (Å²) in [5, 5.41) is 10.1. The molecule has 8 heteroatoms. The summed E-state index contributed by atoms with van der Waals surface area (Å²) in [5.41, 5.74) is 0.509. The van der Waals surface area contributed by atoms with Crippen molar-refractivity contribution in [2.45, 2.75) is 19.4 Å². The van der Waals surface area contributed by atoms with Gasteiger partial charge in [0.25, 0.3) is 0 Å². The van der Waals surface area contributed by atoms with Crippen molar-refractivity contribution in [1.82, 2.24) is 20.0 Å². The minimum absolute atomic E-state index is 0.260. The van der Waals surface area contributed by atoms with Crippen LogP contribution in [0.2, 0.25) is 0 Å². The first kappa shape index (κ1) is 18.3. The zero-order chi connectivity index (χ0) is 18.1. The van der Waals surface area contributed by atoms with E-state index in [9.17, 15) is 4.39 Å². The first-order valence-corrected chi connectivity index (χ1v) is 10.7. The quantitative estimate of drug-likeness (QED) is 0.729. The van der Waals surface area contributed by atoms with Crippen molar-refractivity contribution in [1.29, 1.82) is 0 Å². The van der Waals surface area contributed by atoms with Crippen molar-refractivity contribution in [3.8, 4) is 10.6 Å². The zero-order valence-electron chi connectivity index (χ0n) is 14.9. The van der Waals surface area contributed by atoms with E-state index in [1.807, 2.05) is 0 Å². The Morgan fingerprint density at radius 1 is 1.19 bits per heavy atom. The molecule has 0 spiro atoms. The molecule has 3 heterocycles. The fraction of sp³-hybridized carbons (Fsp3) is 0.556. The molecule has 2 saturated heterocycles. The molecule has 26 heavy (non-hydrogen) atoms. The molecule has 0 amide bonds. The summed E-state index contributed by atoms with van der Waals surface area (Å²) in [6.45, 7) is 9.98. The molecule has 1 aromatic carbocycles. The van der Waals surface area contributed by atoms with Crippen molar-refractivity contribution < 1.29 is 4.39 Å². The van der Waals surface area contributed by atoms with Crippen LogP contribution in [-0.4, -0.2) is 71.9 Å². The van der Waals surface area contributed by atoms with Crippen molar-refractivity contribution >= 4 is 32.4 Å². The minimum atomic E-state index is -0.260. The second-order valence-electron chi connectivity index (χ2n) is 6.87. The summed E-state index contributed by atoms with van der Waals surface area (Å²) >= 11 is 4.87. The zero-order valence-corrected chi connectivity index (χ0v) is 17.3. The van der Waals surface area contributed by atoms with Gasteiger partial charge in [0.1, 0.15) is 5.82 Å². The van der Waals surface area contributed by atoms with E-state index in [0.717, 1.165) is 61.8 Å². The van der Waals surface area contributed by atoms with E-state index < -0.39 is 0 Å². The molecular formula is C18H23BrFN5S. The maximum Gasteiger partial charge on any atom is 0.208 e. The lowest BCUT2D eigenvalue weighted by Gasteiger charge is -2.37. The SMILES string of the molecule is CCN1CCN(C2CCN(c3nnc(-c4cc(Br)ccc4F)s3)C2)CC1. The Kier molecular flexibility index (Phi) is 5.54. The van der Waals surface area contributed by atoms with Crippen molar-refractivity contribution in [2.24, 2.45) is 0 Å². The van der Waals surface area contributed by atoms with E-state index in [2.05, 4.69) is 47.8 Å². The van der Waals surface area contributed by atoms with E-state index in [0.29, 0.717) is 16.6 Å². The third-order valence-corrected chi connectivity index (χ3v) is 6.89. The molecule has 2 aromatic rings. The molecule has 2 aliphatic rings. The molecule has 1 aromatic heterocycles. The summed E-state index contributed by atoms with van der Waals surface area (Å²) in [6.07, 6.45) is 1.16. The molecule has 4 rings (SSSR count). The van der Waals surface area contributed by atoms with Gasteiger partial charge in [-0.05, 0) is 31.2 Å². The second-order valence-corrected chi connectivity index (χ2v) is 8.74. The van der Waals surface area contributed by atoms with Gasteiger partial charge < -0.3 is 9.80 Å². The summed E-state index contributed by atoms with van der Waals surface area (Å²) in [6, 6.07) is 5.51. The third kappa shape index (κ3) is 3.78. The molecule has 2 fully saturated rings. The number of halogens is 2. The van der Waals surface area contributed by atoms with Gasteiger partial charge in [-0.15, -0.1) is 10.2 Å². The number of piperazine rings is 1. The lowest BCUT2D eigenvalue weighted by Crippen LogP contribution is -2.50. The topological polar surface area (TPSA) is 35.5 Å². The average Bonchev–Trinajstić information content (AvgIpc) is 3.33. The normalized spacial score (nSPS) is 22.3. The van der Waals surface area contributed by atoms with Crippen molar-refractivity contribution in [2.75, 3.05) is 50.7 Å². The van der Waals surface area contributed by atoms with Crippen LogP contribution >= 0.6 is 27.3 Å². The molecule has 0 aliphatic carbocycles. The van der Waals surface area contributed by atoms with Crippen LogP contribution < -0.4 is 4.90 Å². The average molecular weight is 440 g/mol. The standard InChI is InChI=1S/C18H23BrFN5S/c1-2-23-7-9-24(10-8-23)14-5-6-25(12-14)18-22-21-17(26-18)15-11-13(19)3-4-16(15)20/h3-4,11,14H,2,5-10,12H2,1H3.